The predicted octanol–water partition coefficient (Wildman–Crippen LogP) is 5.05. The Labute approximate surface area is 202 Å². The van der Waals surface area contributed by atoms with Crippen LogP contribution in [0.2, 0.25) is 0 Å². The summed E-state index contributed by atoms with van der Waals surface area (Å²) in [5.74, 6) is -4.25. The van der Waals surface area contributed by atoms with Crippen LogP contribution in [0.1, 0.15) is 52.4 Å². The van der Waals surface area contributed by atoms with E-state index in [2.05, 4.69) is 0 Å². The first-order valence-electron chi connectivity index (χ1n) is 11.7. The third-order valence-corrected chi connectivity index (χ3v) is 7.44. The first-order chi connectivity index (χ1) is 16.7. The van der Waals surface area contributed by atoms with Gasteiger partial charge in [-0.1, -0.05) is 48.0 Å². The van der Waals surface area contributed by atoms with Crippen molar-refractivity contribution in [2.24, 2.45) is 17.8 Å². The Morgan fingerprint density at radius 2 is 1.69 bits per heavy atom. The van der Waals surface area contributed by atoms with Crippen LogP contribution < -0.4 is 0 Å². The summed E-state index contributed by atoms with van der Waals surface area (Å²) in [7, 11) is 0. The molecule has 6 heteroatoms. The molecule has 178 valence electrons. The van der Waals surface area contributed by atoms with Crippen LogP contribution in [0, 0.1) is 24.7 Å². The van der Waals surface area contributed by atoms with Gasteiger partial charge in [0.25, 0.3) is 0 Å². The van der Waals surface area contributed by atoms with E-state index >= 15 is 0 Å². The van der Waals surface area contributed by atoms with Crippen LogP contribution in [-0.4, -0.2) is 32.7 Å². The van der Waals surface area contributed by atoms with Gasteiger partial charge in [-0.3, -0.25) is 14.4 Å². The van der Waals surface area contributed by atoms with Crippen molar-refractivity contribution in [2.45, 2.75) is 33.1 Å². The van der Waals surface area contributed by atoms with E-state index in [0.29, 0.717) is 18.4 Å². The summed E-state index contributed by atoms with van der Waals surface area (Å²) >= 11 is 0. The summed E-state index contributed by atoms with van der Waals surface area (Å²) in [6.45, 7) is 3.21. The van der Waals surface area contributed by atoms with Crippen LogP contribution in [-0.2, 0) is 16.0 Å². The molecule has 5 rings (SSSR count). The largest absolute Gasteiger partial charge is 0.511 e. The SMILES string of the molecule is CC(=O)C1=C(O)CC2CC3Cc4c(/C=C/c5ccc(C)cc5)ccc(O)c4C(=O)C3=C(O)C2C1=O. The van der Waals surface area contributed by atoms with Crippen molar-refractivity contribution in [3.63, 3.8) is 0 Å². The van der Waals surface area contributed by atoms with Gasteiger partial charge in [0.1, 0.15) is 17.3 Å². The number of aryl methyl sites for hydroxylation is 1. The minimum Gasteiger partial charge on any atom is -0.511 e. The molecule has 35 heavy (non-hydrogen) atoms. The number of hydrogen-bond acceptors (Lipinski definition) is 6. The Kier molecular flexibility index (Phi) is 5.47. The van der Waals surface area contributed by atoms with Crippen LogP contribution in [0.5, 0.6) is 5.75 Å². The zero-order valence-electron chi connectivity index (χ0n) is 19.5. The van der Waals surface area contributed by atoms with E-state index in [4.69, 9.17) is 0 Å². The van der Waals surface area contributed by atoms with Crippen molar-refractivity contribution < 1.29 is 29.7 Å². The van der Waals surface area contributed by atoms with Crippen molar-refractivity contribution in [1.82, 2.24) is 0 Å². The van der Waals surface area contributed by atoms with Crippen molar-refractivity contribution in [3.05, 3.63) is 86.9 Å². The maximum Gasteiger partial charge on any atom is 0.196 e. The highest BCUT2D eigenvalue weighted by atomic mass is 16.3. The molecule has 2 aromatic rings. The number of aliphatic hydroxyl groups is 2. The molecule has 0 heterocycles. The van der Waals surface area contributed by atoms with Gasteiger partial charge in [0.05, 0.1) is 17.1 Å². The van der Waals surface area contributed by atoms with E-state index in [1.54, 1.807) is 6.07 Å². The van der Waals surface area contributed by atoms with Gasteiger partial charge in [0.15, 0.2) is 17.3 Å². The minimum absolute atomic E-state index is 0.0976. The number of aliphatic hydroxyl groups excluding tert-OH is 2. The maximum atomic E-state index is 13.6. The van der Waals surface area contributed by atoms with Crippen LogP contribution in [0.15, 0.2) is 59.1 Å². The molecular weight excluding hydrogens is 444 g/mol. The molecule has 3 aliphatic rings. The first kappa shape index (κ1) is 22.8. The van der Waals surface area contributed by atoms with E-state index in [1.807, 2.05) is 43.3 Å². The lowest BCUT2D eigenvalue weighted by atomic mass is 9.62. The molecule has 2 aromatic carbocycles. The van der Waals surface area contributed by atoms with Crippen LogP contribution in [0.25, 0.3) is 12.2 Å². The predicted molar refractivity (Wildman–Crippen MR) is 131 cm³/mol. The molecule has 0 fully saturated rings. The van der Waals surface area contributed by atoms with Gasteiger partial charge in [-0.25, -0.2) is 0 Å². The fourth-order valence-corrected chi connectivity index (χ4v) is 5.80. The summed E-state index contributed by atoms with van der Waals surface area (Å²) in [6, 6.07) is 11.3. The lowest BCUT2D eigenvalue weighted by Crippen LogP contribution is -2.42. The Bertz CT molecular complexity index is 1370. The van der Waals surface area contributed by atoms with Gasteiger partial charge in [0, 0.05) is 12.0 Å². The normalized spacial score (nSPS) is 23.9. The topological polar surface area (TPSA) is 112 Å². The molecule has 0 spiro atoms. The Morgan fingerprint density at radius 1 is 0.971 bits per heavy atom. The zero-order chi connectivity index (χ0) is 25.0. The minimum atomic E-state index is -1.03. The second kappa shape index (κ2) is 8.38. The van der Waals surface area contributed by atoms with E-state index in [-0.39, 0.29) is 46.3 Å². The van der Waals surface area contributed by atoms with Gasteiger partial charge in [-0.2, -0.15) is 0 Å². The molecule has 0 saturated heterocycles. The standard InChI is InChI=1S/C29H26O6/c1-14-3-5-16(6-4-14)7-8-17-9-10-21(31)26-20(17)12-18-11-19-13-22(32)23(15(2)30)27(33)25(19)28(34)24(18)29(26)35/h3-10,18-19,25,31-32,34H,11-13H2,1-2H3/b8-7+. The number of carbonyl (C=O) groups excluding carboxylic acids is 3. The number of rotatable bonds is 3. The fraction of sp³-hybridized carbons (Fsp3) is 0.276. The van der Waals surface area contributed by atoms with Gasteiger partial charge in [-0.15, -0.1) is 0 Å². The fourth-order valence-electron chi connectivity index (χ4n) is 5.80. The molecule has 0 saturated carbocycles. The lowest BCUT2D eigenvalue weighted by molar-refractivity contribution is -0.125. The lowest BCUT2D eigenvalue weighted by Gasteiger charge is -2.41. The average molecular weight is 471 g/mol. The number of phenols is 1. The molecule has 3 atom stereocenters. The number of benzene rings is 2. The van der Waals surface area contributed by atoms with Crippen molar-refractivity contribution in [2.75, 3.05) is 0 Å². The molecule has 3 aliphatic carbocycles. The number of allylic oxidation sites excluding steroid dienone is 4. The molecule has 0 radical (unpaired) electrons. The highest BCUT2D eigenvalue weighted by molar-refractivity contribution is 6.22. The second-order valence-electron chi connectivity index (χ2n) is 9.72. The Balaban J connectivity index is 1.57. The molecule has 0 aromatic heterocycles. The van der Waals surface area contributed by atoms with Crippen LogP contribution in [0.4, 0.5) is 0 Å². The van der Waals surface area contributed by atoms with E-state index in [1.165, 1.54) is 13.0 Å². The number of hydrogen-bond donors (Lipinski definition) is 3. The van der Waals surface area contributed by atoms with E-state index < -0.39 is 29.2 Å². The third kappa shape index (κ3) is 3.70. The molecule has 0 aliphatic heterocycles. The van der Waals surface area contributed by atoms with Crippen molar-refractivity contribution in [1.29, 1.82) is 0 Å². The van der Waals surface area contributed by atoms with Crippen molar-refractivity contribution >= 4 is 29.5 Å². The molecule has 3 unspecified atom stereocenters. The van der Waals surface area contributed by atoms with E-state index in [9.17, 15) is 29.7 Å². The van der Waals surface area contributed by atoms with Gasteiger partial charge in [-0.05, 0) is 61.3 Å². The number of fused-ring (bicyclic) bond motifs is 3. The maximum absolute atomic E-state index is 13.6. The number of carbonyl (C=O) groups is 3. The summed E-state index contributed by atoms with van der Waals surface area (Å²) in [6.07, 6.45) is 4.77. The Morgan fingerprint density at radius 3 is 2.37 bits per heavy atom. The summed E-state index contributed by atoms with van der Waals surface area (Å²) in [5.41, 5.74) is 3.63. The quantitative estimate of drug-likeness (QED) is 0.428. The number of ketones is 3. The number of phenolic OH excluding ortho intramolecular Hbond substituents is 1. The monoisotopic (exact) mass is 470 g/mol. The summed E-state index contributed by atoms with van der Waals surface area (Å²) < 4.78 is 0. The Hall–Kier alpha value is -3.93. The highest BCUT2D eigenvalue weighted by Gasteiger charge is 2.50. The molecule has 6 nitrogen and oxygen atoms in total. The third-order valence-electron chi connectivity index (χ3n) is 7.44. The van der Waals surface area contributed by atoms with Crippen molar-refractivity contribution in [3.8, 4) is 5.75 Å². The first-order valence-corrected chi connectivity index (χ1v) is 11.7. The summed E-state index contributed by atoms with van der Waals surface area (Å²) in [4.78, 5) is 38.5. The van der Waals surface area contributed by atoms with Gasteiger partial charge >= 0.3 is 0 Å². The number of aromatic hydroxyl groups is 1. The molecule has 0 bridgehead atoms. The zero-order valence-corrected chi connectivity index (χ0v) is 19.5. The summed E-state index contributed by atoms with van der Waals surface area (Å²) in [5, 5.41) is 32.0. The van der Waals surface area contributed by atoms with Gasteiger partial charge in [0.2, 0.25) is 0 Å². The highest BCUT2D eigenvalue weighted by Crippen LogP contribution is 2.50. The van der Waals surface area contributed by atoms with Crippen LogP contribution >= 0.6 is 0 Å². The van der Waals surface area contributed by atoms with Gasteiger partial charge < -0.3 is 15.3 Å². The van der Waals surface area contributed by atoms with E-state index in [0.717, 1.165) is 16.7 Å². The molecule has 0 amide bonds. The average Bonchev–Trinajstić information content (AvgIpc) is 2.78. The molecular formula is C29H26O6. The second-order valence-corrected chi connectivity index (χ2v) is 9.72. The molecule has 3 N–H and O–H groups in total. The number of Topliss-reactive ketones (excluding diaryl/α,β-unsaturated/α-hetero) is 3. The smallest absolute Gasteiger partial charge is 0.196 e. The van der Waals surface area contributed by atoms with Crippen LogP contribution in [0.3, 0.4) is 0 Å².